The molecular formula is C24H32F2N4O4. The Hall–Kier alpha value is -3.11. The number of aliphatic hydroxyl groups is 1. The van der Waals surface area contributed by atoms with E-state index in [1.165, 1.54) is 19.2 Å². The fourth-order valence-corrected chi connectivity index (χ4v) is 3.03. The zero-order valence-electron chi connectivity index (χ0n) is 20.4. The number of halogens is 2. The van der Waals surface area contributed by atoms with Crippen molar-refractivity contribution >= 4 is 17.7 Å². The molecule has 0 saturated heterocycles. The van der Waals surface area contributed by atoms with Gasteiger partial charge in [-0.15, -0.1) is 0 Å². The highest BCUT2D eigenvalue weighted by Crippen LogP contribution is 2.38. The summed E-state index contributed by atoms with van der Waals surface area (Å²) in [6, 6.07) is 7.76. The van der Waals surface area contributed by atoms with Crippen LogP contribution in [0.25, 0.3) is 0 Å². The van der Waals surface area contributed by atoms with Crippen molar-refractivity contribution < 1.29 is 28.1 Å². The maximum atomic E-state index is 14.5. The number of hydrogen-bond acceptors (Lipinski definition) is 7. The van der Waals surface area contributed by atoms with E-state index in [1.54, 1.807) is 45.5 Å². The second-order valence-electron chi connectivity index (χ2n) is 7.82. The van der Waals surface area contributed by atoms with Crippen LogP contribution in [0.2, 0.25) is 0 Å². The fraction of sp³-hybridized carbons (Fsp3) is 0.458. The van der Waals surface area contributed by atoms with Crippen molar-refractivity contribution in [3.05, 3.63) is 47.3 Å². The number of nitrogens with one attached hydrogen (secondary N) is 1. The first-order valence-electron chi connectivity index (χ1n) is 10.7. The molecule has 0 aliphatic heterocycles. The average molecular weight is 479 g/mol. The normalized spacial score (nSPS) is 12.8. The zero-order valence-corrected chi connectivity index (χ0v) is 20.4. The van der Waals surface area contributed by atoms with Gasteiger partial charge >= 0.3 is 5.92 Å². The minimum absolute atomic E-state index is 0.115. The van der Waals surface area contributed by atoms with Crippen LogP contribution >= 0.6 is 0 Å². The summed E-state index contributed by atoms with van der Waals surface area (Å²) in [7, 11) is 4.72. The fourth-order valence-electron chi connectivity index (χ4n) is 3.03. The monoisotopic (exact) mass is 478 g/mol. The van der Waals surface area contributed by atoms with Crippen molar-refractivity contribution in [2.75, 3.05) is 34.5 Å². The Kier molecular flexibility index (Phi) is 9.46. The summed E-state index contributed by atoms with van der Waals surface area (Å²) in [5, 5.41) is 13.0. The molecule has 0 fully saturated rings. The molecule has 0 saturated carbocycles. The van der Waals surface area contributed by atoms with Gasteiger partial charge in [0.1, 0.15) is 23.7 Å². The highest BCUT2D eigenvalue weighted by atomic mass is 19.3. The van der Waals surface area contributed by atoms with Crippen LogP contribution in [0, 0.1) is 0 Å². The van der Waals surface area contributed by atoms with Crippen LogP contribution in [0.5, 0.6) is 11.5 Å². The van der Waals surface area contributed by atoms with Gasteiger partial charge in [0.2, 0.25) is 0 Å². The van der Waals surface area contributed by atoms with Gasteiger partial charge in [-0.1, -0.05) is 6.07 Å². The van der Waals surface area contributed by atoms with Crippen LogP contribution in [-0.4, -0.2) is 62.2 Å². The Morgan fingerprint density at radius 1 is 1.18 bits per heavy atom. The molecule has 2 N–H and O–H groups in total. The van der Waals surface area contributed by atoms with Gasteiger partial charge in [0.25, 0.3) is 0 Å². The predicted molar refractivity (Wildman–Crippen MR) is 128 cm³/mol. The maximum absolute atomic E-state index is 14.5. The number of aromatic nitrogens is 1. The van der Waals surface area contributed by atoms with Crippen molar-refractivity contribution in [2.45, 2.75) is 38.8 Å². The topological polar surface area (TPSA) is 97.6 Å². The van der Waals surface area contributed by atoms with E-state index in [9.17, 15) is 13.9 Å². The number of alkyl halides is 2. The van der Waals surface area contributed by atoms with Crippen molar-refractivity contribution in [3.8, 4) is 11.5 Å². The smallest absolute Gasteiger partial charge is 0.317 e. The molecule has 8 nitrogen and oxygen atoms in total. The molecule has 0 radical (unpaired) electrons. The third kappa shape index (κ3) is 6.48. The SMILES string of the molecule is CC=Nc1cc(OC)c(OCCOC)cc1C(=NC)NCc1cccc(C(F)(F)C(C)(C)O)n1. The molecule has 0 atom stereocenters. The van der Waals surface area contributed by atoms with E-state index in [0.29, 0.717) is 47.5 Å². The van der Waals surface area contributed by atoms with Gasteiger partial charge < -0.3 is 24.6 Å². The molecule has 1 heterocycles. The number of pyridine rings is 1. The lowest BCUT2D eigenvalue weighted by atomic mass is 9.97. The van der Waals surface area contributed by atoms with E-state index in [2.05, 4.69) is 20.3 Å². The molecule has 34 heavy (non-hydrogen) atoms. The quantitative estimate of drug-likeness (QED) is 0.289. The first-order chi connectivity index (χ1) is 16.1. The molecule has 186 valence electrons. The standard InChI is InChI=1S/C24H32F2N4O4/c1-7-28-18-14-19(33-6)20(34-12-11-32-5)13-17(18)22(27-4)29-15-16-9-8-10-21(30-16)24(25,26)23(2,3)31/h7-10,13-14,31H,11-12,15H2,1-6H3,(H,27,29). The minimum Gasteiger partial charge on any atom is -0.493 e. The summed E-state index contributed by atoms with van der Waals surface area (Å²) in [5.41, 5.74) is -1.19. The second kappa shape index (κ2) is 11.8. The highest BCUT2D eigenvalue weighted by Gasteiger charge is 2.48. The van der Waals surface area contributed by atoms with Crippen LogP contribution in [0.3, 0.4) is 0 Å². The van der Waals surface area contributed by atoms with Crippen LogP contribution in [-0.2, 0) is 17.2 Å². The van der Waals surface area contributed by atoms with E-state index in [-0.39, 0.29) is 6.54 Å². The Balaban J connectivity index is 2.35. The summed E-state index contributed by atoms with van der Waals surface area (Å²) in [5.74, 6) is -2.07. The Morgan fingerprint density at radius 2 is 1.91 bits per heavy atom. The number of methoxy groups -OCH3 is 2. The van der Waals surface area contributed by atoms with Crippen molar-refractivity contribution in [2.24, 2.45) is 9.98 Å². The lowest BCUT2D eigenvalue weighted by Gasteiger charge is -2.28. The lowest BCUT2D eigenvalue weighted by molar-refractivity contribution is -0.171. The first-order valence-corrected chi connectivity index (χ1v) is 10.7. The van der Waals surface area contributed by atoms with E-state index in [1.807, 2.05) is 0 Å². The first kappa shape index (κ1) is 27.1. The molecule has 2 rings (SSSR count). The summed E-state index contributed by atoms with van der Waals surface area (Å²) in [4.78, 5) is 12.8. The third-order valence-electron chi connectivity index (χ3n) is 4.91. The number of hydrogen-bond donors (Lipinski definition) is 2. The van der Waals surface area contributed by atoms with Crippen LogP contribution in [0.4, 0.5) is 14.5 Å². The summed E-state index contributed by atoms with van der Waals surface area (Å²) < 4.78 is 45.3. The highest BCUT2D eigenvalue weighted by molar-refractivity contribution is 6.04. The van der Waals surface area contributed by atoms with Crippen LogP contribution in [0.15, 0.2) is 40.3 Å². The molecule has 0 amide bonds. The molecule has 0 aliphatic carbocycles. The number of nitrogens with zero attached hydrogens (tertiary/aromatic N) is 3. The molecule has 0 aliphatic rings. The predicted octanol–water partition coefficient (Wildman–Crippen LogP) is 3.87. The molecule has 1 aromatic heterocycles. The van der Waals surface area contributed by atoms with Gasteiger partial charge in [-0.25, -0.2) is 4.98 Å². The van der Waals surface area contributed by atoms with Gasteiger partial charge in [-0.3, -0.25) is 9.98 Å². The summed E-state index contributed by atoms with van der Waals surface area (Å²) in [6.45, 7) is 4.72. The Labute approximate surface area is 198 Å². The van der Waals surface area contributed by atoms with Gasteiger partial charge in [0, 0.05) is 32.0 Å². The Bertz CT molecular complexity index is 1020. The molecular weight excluding hydrogens is 446 g/mol. The van der Waals surface area contributed by atoms with Gasteiger partial charge in [-0.2, -0.15) is 8.78 Å². The van der Waals surface area contributed by atoms with Crippen molar-refractivity contribution in [3.63, 3.8) is 0 Å². The van der Waals surface area contributed by atoms with E-state index in [0.717, 1.165) is 13.8 Å². The third-order valence-corrected chi connectivity index (χ3v) is 4.91. The number of rotatable bonds is 11. The molecule has 1 aromatic carbocycles. The van der Waals surface area contributed by atoms with E-state index in [4.69, 9.17) is 14.2 Å². The van der Waals surface area contributed by atoms with E-state index < -0.39 is 17.2 Å². The summed E-state index contributed by atoms with van der Waals surface area (Å²) >= 11 is 0. The molecule has 0 bridgehead atoms. The minimum atomic E-state index is -3.52. The van der Waals surface area contributed by atoms with Gasteiger partial charge in [0.05, 0.1) is 31.6 Å². The molecule has 0 unspecified atom stereocenters. The number of aliphatic imine (C=N–C) groups is 2. The van der Waals surface area contributed by atoms with Crippen LogP contribution < -0.4 is 14.8 Å². The molecule has 2 aromatic rings. The lowest BCUT2D eigenvalue weighted by Crippen LogP contribution is -2.41. The number of benzene rings is 1. The Morgan fingerprint density at radius 3 is 2.50 bits per heavy atom. The molecule has 10 heteroatoms. The molecule has 0 spiro atoms. The van der Waals surface area contributed by atoms with Gasteiger partial charge in [0.15, 0.2) is 11.5 Å². The number of amidine groups is 1. The largest absolute Gasteiger partial charge is 0.493 e. The zero-order chi connectivity index (χ0) is 25.4. The number of ether oxygens (including phenoxy) is 3. The second-order valence-corrected chi connectivity index (χ2v) is 7.82. The van der Waals surface area contributed by atoms with Gasteiger partial charge in [-0.05, 0) is 39.0 Å². The average Bonchev–Trinajstić information content (AvgIpc) is 2.80. The maximum Gasteiger partial charge on any atom is 0.317 e. The van der Waals surface area contributed by atoms with E-state index >= 15 is 0 Å². The van der Waals surface area contributed by atoms with Crippen molar-refractivity contribution in [1.82, 2.24) is 10.3 Å². The van der Waals surface area contributed by atoms with Crippen molar-refractivity contribution in [1.29, 1.82) is 0 Å². The summed E-state index contributed by atoms with van der Waals surface area (Å²) in [6.07, 6.45) is 1.64. The van der Waals surface area contributed by atoms with Crippen LogP contribution in [0.1, 0.15) is 37.7 Å².